The van der Waals surface area contributed by atoms with Crippen LogP contribution in [-0.2, 0) is 10.5 Å². The summed E-state index contributed by atoms with van der Waals surface area (Å²) >= 11 is 0. The van der Waals surface area contributed by atoms with E-state index in [4.69, 9.17) is 11.3 Å². The summed E-state index contributed by atoms with van der Waals surface area (Å²) < 4.78 is 5.62. The number of benzene rings is 3. The summed E-state index contributed by atoms with van der Waals surface area (Å²) in [5.74, 6) is 0. The lowest BCUT2D eigenvalue weighted by Crippen LogP contribution is -2.70. The lowest BCUT2D eigenvalue weighted by molar-refractivity contribution is -0.153. The number of aliphatic hydroxyl groups is 1. The number of urea groups is 1. The van der Waals surface area contributed by atoms with Gasteiger partial charge in [0.15, 0.2) is 11.4 Å². The van der Waals surface area contributed by atoms with Gasteiger partial charge in [-0.25, -0.2) is 9.64 Å². The third kappa shape index (κ3) is 2.69. The van der Waals surface area contributed by atoms with E-state index in [2.05, 4.69) is 4.85 Å². The lowest BCUT2D eigenvalue weighted by Gasteiger charge is -2.52. The van der Waals surface area contributed by atoms with Crippen LogP contribution in [-0.4, -0.2) is 29.9 Å². The maximum atomic E-state index is 14.0. The molecule has 3 aromatic rings. The fourth-order valence-electron chi connectivity index (χ4n) is 4.64. The highest BCUT2D eigenvalue weighted by molar-refractivity contribution is 6.10. The van der Waals surface area contributed by atoms with E-state index < -0.39 is 11.3 Å². The van der Waals surface area contributed by atoms with E-state index in [1.807, 2.05) is 62.4 Å². The minimum atomic E-state index is -1.73. The predicted octanol–water partition coefficient (Wildman–Crippen LogP) is 4.92. The molecule has 160 valence electrons. The highest BCUT2D eigenvalue weighted by atomic mass is 16.5. The molecule has 1 unspecified atom stereocenters. The average molecular weight is 425 g/mol. The van der Waals surface area contributed by atoms with E-state index in [9.17, 15) is 9.90 Å². The lowest BCUT2D eigenvalue weighted by atomic mass is 9.78. The molecule has 0 aliphatic carbocycles. The first kappa shape index (κ1) is 20.3. The fourth-order valence-corrected chi connectivity index (χ4v) is 4.64. The Morgan fingerprint density at radius 1 is 0.906 bits per heavy atom. The van der Waals surface area contributed by atoms with E-state index in [0.717, 1.165) is 11.1 Å². The van der Waals surface area contributed by atoms with E-state index in [-0.39, 0.29) is 19.2 Å². The Morgan fingerprint density at radius 2 is 1.47 bits per heavy atom. The van der Waals surface area contributed by atoms with Crippen LogP contribution in [0, 0.1) is 20.4 Å². The zero-order valence-electron chi connectivity index (χ0n) is 17.9. The Hall–Kier alpha value is -3.66. The first-order chi connectivity index (χ1) is 15.4. The van der Waals surface area contributed by atoms with Gasteiger partial charge in [0, 0.05) is 11.4 Å². The van der Waals surface area contributed by atoms with Crippen molar-refractivity contribution in [3.8, 4) is 0 Å². The molecule has 32 heavy (non-hydrogen) atoms. The molecule has 2 aliphatic rings. The summed E-state index contributed by atoms with van der Waals surface area (Å²) in [4.78, 5) is 20.6. The molecule has 2 aliphatic heterocycles. The molecule has 1 N–H and O–H groups in total. The normalized spacial score (nSPS) is 21.5. The number of anilines is 2. The number of aryl methyl sites for hydroxylation is 2. The minimum absolute atomic E-state index is 0.174. The average Bonchev–Trinajstić information content (AvgIpc) is 3.00. The highest BCUT2D eigenvalue weighted by Gasteiger charge is 2.72. The van der Waals surface area contributed by atoms with Gasteiger partial charge < -0.3 is 9.84 Å². The number of amides is 2. The number of carbonyl (C=O) groups excluding carboxylic acids is 1. The molecule has 2 amide bonds. The van der Waals surface area contributed by atoms with Crippen molar-refractivity contribution in [1.29, 1.82) is 0 Å². The standard InChI is InChI=1S/C26H23N3O3/c1-18-7-11-22(12-8-18)28-24(30)29(23-13-9-19(2)10-14-23)26(31,25(28)16-32-17-25)20-5-4-6-21(15-20)27-3/h4-15,31H,16-17H2,1-2H3. The van der Waals surface area contributed by atoms with Gasteiger partial charge >= 0.3 is 6.03 Å². The van der Waals surface area contributed by atoms with Gasteiger partial charge in [0.1, 0.15) is 5.54 Å². The van der Waals surface area contributed by atoms with E-state index in [1.54, 1.807) is 29.2 Å². The number of rotatable bonds is 3. The summed E-state index contributed by atoms with van der Waals surface area (Å²) in [6, 6.07) is 21.7. The Kier molecular flexibility index (Phi) is 4.55. The van der Waals surface area contributed by atoms with Crippen molar-refractivity contribution < 1.29 is 14.6 Å². The Balaban J connectivity index is 1.77. The summed E-state index contributed by atoms with van der Waals surface area (Å²) in [5, 5.41) is 12.5. The molecule has 2 saturated heterocycles. The van der Waals surface area contributed by atoms with E-state index in [1.165, 1.54) is 4.90 Å². The van der Waals surface area contributed by atoms with Crippen molar-refractivity contribution in [2.24, 2.45) is 0 Å². The highest BCUT2D eigenvalue weighted by Crippen LogP contribution is 2.54. The van der Waals surface area contributed by atoms with Gasteiger partial charge in [-0.05, 0) is 49.7 Å². The summed E-state index contributed by atoms with van der Waals surface area (Å²) in [6.07, 6.45) is 0. The molecular formula is C26H23N3O3. The Morgan fingerprint density at radius 3 is 1.97 bits per heavy atom. The number of hydrogen-bond donors (Lipinski definition) is 1. The Labute approximate surface area is 187 Å². The van der Waals surface area contributed by atoms with Crippen LogP contribution in [0.5, 0.6) is 0 Å². The predicted molar refractivity (Wildman–Crippen MR) is 123 cm³/mol. The van der Waals surface area contributed by atoms with Crippen molar-refractivity contribution in [3.05, 3.63) is 101 Å². The topological polar surface area (TPSA) is 57.4 Å². The quantitative estimate of drug-likeness (QED) is 0.607. The van der Waals surface area contributed by atoms with Gasteiger partial charge in [-0.1, -0.05) is 53.6 Å². The molecule has 0 aromatic heterocycles. The first-order valence-corrected chi connectivity index (χ1v) is 10.5. The molecule has 6 nitrogen and oxygen atoms in total. The van der Waals surface area contributed by atoms with Crippen LogP contribution in [0.25, 0.3) is 4.85 Å². The molecule has 5 rings (SSSR count). The van der Waals surface area contributed by atoms with Crippen LogP contribution in [0.1, 0.15) is 16.7 Å². The summed E-state index contributed by atoms with van der Waals surface area (Å²) in [7, 11) is 0. The van der Waals surface area contributed by atoms with Crippen molar-refractivity contribution in [2.75, 3.05) is 23.0 Å². The molecule has 0 saturated carbocycles. The smallest absolute Gasteiger partial charge is 0.332 e. The van der Waals surface area contributed by atoms with Gasteiger partial charge in [0.2, 0.25) is 0 Å². The third-order valence-electron chi connectivity index (χ3n) is 6.43. The van der Waals surface area contributed by atoms with Crippen LogP contribution in [0.15, 0.2) is 72.8 Å². The zero-order chi connectivity index (χ0) is 22.5. The Bertz CT molecular complexity index is 1230. The maximum Gasteiger partial charge on any atom is 0.332 e. The first-order valence-electron chi connectivity index (χ1n) is 10.5. The van der Waals surface area contributed by atoms with Crippen molar-refractivity contribution in [3.63, 3.8) is 0 Å². The van der Waals surface area contributed by atoms with E-state index in [0.29, 0.717) is 22.6 Å². The summed E-state index contributed by atoms with van der Waals surface area (Å²) in [5.41, 5.74) is 1.52. The van der Waals surface area contributed by atoms with Crippen molar-refractivity contribution in [2.45, 2.75) is 25.1 Å². The van der Waals surface area contributed by atoms with Crippen LogP contribution in [0.3, 0.4) is 0 Å². The van der Waals surface area contributed by atoms with Crippen molar-refractivity contribution in [1.82, 2.24) is 0 Å². The molecule has 6 heteroatoms. The maximum absolute atomic E-state index is 14.0. The van der Waals surface area contributed by atoms with Crippen molar-refractivity contribution >= 4 is 23.1 Å². The molecule has 2 fully saturated rings. The number of carbonyl (C=O) groups is 1. The zero-order valence-corrected chi connectivity index (χ0v) is 17.9. The van der Waals surface area contributed by atoms with Gasteiger partial charge in [-0.15, -0.1) is 0 Å². The van der Waals surface area contributed by atoms with Gasteiger partial charge in [0.05, 0.1) is 19.8 Å². The second-order valence-corrected chi connectivity index (χ2v) is 8.48. The molecule has 2 heterocycles. The monoisotopic (exact) mass is 425 g/mol. The van der Waals surface area contributed by atoms with Crippen LogP contribution in [0.4, 0.5) is 21.9 Å². The molecule has 0 radical (unpaired) electrons. The minimum Gasteiger partial charge on any atom is -0.376 e. The number of nitrogens with zero attached hydrogens (tertiary/aromatic N) is 3. The van der Waals surface area contributed by atoms with Crippen LogP contribution in [0.2, 0.25) is 0 Å². The van der Waals surface area contributed by atoms with Crippen LogP contribution >= 0.6 is 0 Å². The second kappa shape index (κ2) is 7.20. The van der Waals surface area contributed by atoms with Gasteiger partial charge in [-0.3, -0.25) is 9.80 Å². The molecule has 3 aromatic carbocycles. The second-order valence-electron chi connectivity index (χ2n) is 8.48. The van der Waals surface area contributed by atoms with Gasteiger partial charge in [-0.2, -0.15) is 0 Å². The number of ether oxygens (including phenoxy) is 1. The molecule has 1 spiro atoms. The largest absolute Gasteiger partial charge is 0.376 e. The number of hydrogen-bond acceptors (Lipinski definition) is 3. The van der Waals surface area contributed by atoms with E-state index >= 15 is 0 Å². The molecule has 1 atom stereocenters. The van der Waals surface area contributed by atoms with Crippen LogP contribution < -0.4 is 9.80 Å². The summed E-state index contributed by atoms with van der Waals surface area (Å²) in [6.45, 7) is 11.7. The third-order valence-corrected chi connectivity index (χ3v) is 6.43. The SMILES string of the molecule is [C-]#[N+]c1cccc(C2(O)N(c3ccc(C)cc3)C(=O)N(c3ccc(C)cc3)C23COC3)c1. The molecule has 0 bridgehead atoms. The molecular weight excluding hydrogens is 402 g/mol. The van der Waals surface area contributed by atoms with Gasteiger partial charge in [0.25, 0.3) is 0 Å². The fraction of sp³-hybridized carbons (Fsp3) is 0.231.